The molecule has 3 saturated carbocycles. The average molecular weight is 451 g/mol. The Kier molecular flexibility index (Phi) is 5.11. The number of alkyl halides is 2. The van der Waals surface area contributed by atoms with Gasteiger partial charge in [0.1, 0.15) is 11.5 Å². The van der Waals surface area contributed by atoms with E-state index in [1.807, 2.05) is 0 Å². The van der Waals surface area contributed by atoms with E-state index < -0.39 is 17.8 Å². The molecule has 33 heavy (non-hydrogen) atoms. The Bertz CT molecular complexity index is 1270. The molecule has 0 aromatic carbocycles. The van der Waals surface area contributed by atoms with E-state index in [-0.39, 0.29) is 23.1 Å². The predicted molar refractivity (Wildman–Crippen MR) is 117 cm³/mol. The summed E-state index contributed by atoms with van der Waals surface area (Å²) in [5.41, 5.74) is 1.24. The van der Waals surface area contributed by atoms with Gasteiger partial charge in [-0.3, -0.25) is 9.78 Å². The number of rotatable bonds is 5. The zero-order valence-corrected chi connectivity index (χ0v) is 18.1. The molecule has 0 amide bonds. The number of aromatic amines is 1. The van der Waals surface area contributed by atoms with Crippen LogP contribution in [0.25, 0.3) is 27.1 Å². The fourth-order valence-electron chi connectivity index (χ4n) is 5.69. The Hall–Kier alpha value is -3.41. The maximum absolute atomic E-state index is 13.9. The van der Waals surface area contributed by atoms with Crippen molar-refractivity contribution in [2.45, 2.75) is 45.0 Å². The van der Waals surface area contributed by atoms with E-state index in [0.717, 1.165) is 38.8 Å². The highest BCUT2D eigenvalue weighted by molar-refractivity contribution is 5.96. The van der Waals surface area contributed by atoms with Gasteiger partial charge in [-0.2, -0.15) is 0 Å². The lowest BCUT2D eigenvalue weighted by Crippen LogP contribution is -2.45. The van der Waals surface area contributed by atoms with Crippen LogP contribution in [0, 0.1) is 30.2 Å². The number of H-pyrrole nitrogens is 1. The first-order valence-corrected chi connectivity index (χ1v) is 11.1. The van der Waals surface area contributed by atoms with Crippen molar-refractivity contribution >= 4 is 22.7 Å². The number of carboxylic acid groups (broad SMARTS) is 1. The Labute approximate surface area is 189 Å². The molecule has 3 aromatic rings. The Balaban J connectivity index is 1.55. The fraction of sp³-hybridized carbons (Fsp3) is 0.458. The number of pyridine rings is 1. The van der Waals surface area contributed by atoms with Gasteiger partial charge in [-0.1, -0.05) is 0 Å². The monoisotopic (exact) mass is 451 g/mol. The smallest absolute Gasteiger partial charge is 0.307 e. The largest absolute Gasteiger partial charge is 0.481 e. The summed E-state index contributed by atoms with van der Waals surface area (Å²) in [5, 5.41) is 10.3. The molecule has 6 rings (SSSR count). The summed E-state index contributed by atoms with van der Waals surface area (Å²) in [5.74, 6) is -3.28. The van der Waals surface area contributed by atoms with E-state index in [4.69, 9.17) is 6.57 Å². The van der Waals surface area contributed by atoms with E-state index in [1.165, 1.54) is 12.3 Å². The first-order chi connectivity index (χ1) is 15.8. The van der Waals surface area contributed by atoms with Crippen molar-refractivity contribution in [1.29, 1.82) is 0 Å². The lowest BCUT2D eigenvalue weighted by Gasteiger charge is -2.46. The number of carboxylic acids is 1. The fourth-order valence-corrected chi connectivity index (χ4v) is 5.69. The van der Waals surface area contributed by atoms with Gasteiger partial charge in [-0.15, -0.1) is 0 Å². The maximum atomic E-state index is 13.9. The van der Waals surface area contributed by atoms with E-state index in [2.05, 4.69) is 24.8 Å². The van der Waals surface area contributed by atoms with Crippen molar-refractivity contribution in [2.75, 3.05) is 0 Å². The minimum Gasteiger partial charge on any atom is -0.481 e. The zero-order valence-electron chi connectivity index (χ0n) is 18.1. The van der Waals surface area contributed by atoms with Gasteiger partial charge < -0.3 is 10.1 Å². The molecule has 2 atom stereocenters. The van der Waals surface area contributed by atoms with Crippen LogP contribution in [0.15, 0.2) is 24.7 Å². The topological polar surface area (TPSA) is 96.1 Å². The van der Waals surface area contributed by atoms with Crippen molar-refractivity contribution in [2.24, 2.45) is 23.7 Å². The maximum Gasteiger partial charge on any atom is 0.307 e. The molecule has 3 aromatic heterocycles. The predicted octanol–water partition coefficient (Wildman–Crippen LogP) is 5.36. The average Bonchev–Trinajstić information content (AvgIpc) is 3.22. The first kappa shape index (κ1) is 21.4. The normalized spacial score (nSPS) is 24.7. The summed E-state index contributed by atoms with van der Waals surface area (Å²) in [6.07, 6.45) is 8.55. The molecule has 0 saturated heterocycles. The summed E-state index contributed by atoms with van der Waals surface area (Å²) >= 11 is 0. The molecule has 2 bridgehead atoms. The molecule has 3 heterocycles. The molecule has 9 heteroatoms. The summed E-state index contributed by atoms with van der Waals surface area (Å²) in [7, 11) is 0. The number of fused-ring (bicyclic) bond motifs is 4. The summed E-state index contributed by atoms with van der Waals surface area (Å²) < 4.78 is 27.8. The second-order valence-corrected chi connectivity index (χ2v) is 9.25. The van der Waals surface area contributed by atoms with Gasteiger partial charge in [0.05, 0.1) is 18.2 Å². The number of aliphatic carboxylic acids is 1. The molecule has 170 valence electrons. The van der Waals surface area contributed by atoms with Crippen molar-refractivity contribution in [1.82, 2.24) is 19.9 Å². The van der Waals surface area contributed by atoms with E-state index in [0.29, 0.717) is 40.5 Å². The molecule has 0 aliphatic heterocycles. The molecule has 3 aliphatic carbocycles. The number of nitrogens with one attached hydrogen (secondary N) is 1. The van der Waals surface area contributed by atoms with Gasteiger partial charge in [0.25, 0.3) is 5.92 Å². The molecule has 3 fully saturated rings. The number of halogens is 2. The van der Waals surface area contributed by atoms with Crippen LogP contribution in [0.5, 0.6) is 0 Å². The van der Waals surface area contributed by atoms with Crippen LogP contribution < -0.4 is 0 Å². The van der Waals surface area contributed by atoms with Gasteiger partial charge in [0.2, 0.25) is 5.69 Å². The van der Waals surface area contributed by atoms with Crippen LogP contribution in [-0.4, -0.2) is 31.0 Å². The highest BCUT2D eigenvalue weighted by Crippen LogP contribution is 2.50. The summed E-state index contributed by atoms with van der Waals surface area (Å²) in [4.78, 5) is 31.6. The summed E-state index contributed by atoms with van der Waals surface area (Å²) in [6, 6.07) is 1.37. The van der Waals surface area contributed by atoms with Crippen LogP contribution in [0.4, 0.5) is 14.5 Å². The van der Waals surface area contributed by atoms with Crippen molar-refractivity contribution in [3.05, 3.63) is 47.5 Å². The van der Waals surface area contributed by atoms with Gasteiger partial charge in [-0.05, 0) is 49.5 Å². The van der Waals surface area contributed by atoms with Crippen LogP contribution in [0.1, 0.15) is 44.0 Å². The standard InChI is InChI=1S/C24H23F2N5O2/c1-24(25,26)14-7-16-17(10-30-22(16)29-9-14)21-18(27-2)11-28-19(31-21)8-15-12-3-5-13(6-4-12)20(15)23(32)33/h7,9-13,15,20H,3-6,8H2,1H3,(H,29,30)(H,32,33)/t12?,13?,15-,20-/m0/s1. The lowest BCUT2D eigenvalue weighted by molar-refractivity contribution is -0.152. The molecule has 3 aliphatic rings. The van der Waals surface area contributed by atoms with E-state index in [1.54, 1.807) is 6.20 Å². The second-order valence-electron chi connectivity index (χ2n) is 9.25. The Morgan fingerprint density at radius 1 is 1.24 bits per heavy atom. The Morgan fingerprint density at radius 2 is 1.97 bits per heavy atom. The van der Waals surface area contributed by atoms with Crippen LogP contribution >= 0.6 is 0 Å². The molecular weight excluding hydrogens is 428 g/mol. The van der Waals surface area contributed by atoms with Crippen LogP contribution in [0.3, 0.4) is 0 Å². The highest BCUT2D eigenvalue weighted by atomic mass is 19.3. The number of aromatic nitrogens is 4. The number of nitrogens with zero attached hydrogens (tertiary/aromatic N) is 4. The minimum absolute atomic E-state index is 0.0448. The molecule has 7 nitrogen and oxygen atoms in total. The van der Waals surface area contributed by atoms with Crippen molar-refractivity contribution in [3.8, 4) is 11.3 Å². The minimum atomic E-state index is -3.05. The molecule has 0 unspecified atom stereocenters. The molecule has 2 N–H and O–H groups in total. The third-order valence-corrected chi connectivity index (χ3v) is 7.33. The van der Waals surface area contributed by atoms with Crippen molar-refractivity contribution in [3.63, 3.8) is 0 Å². The third-order valence-electron chi connectivity index (χ3n) is 7.33. The first-order valence-electron chi connectivity index (χ1n) is 11.1. The number of hydrogen-bond donors (Lipinski definition) is 2. The van der Waals surface area contributed by atoms with E-state index >= 15 is 0 Å². The van der Waals surface area contributed by atoms with Gasteiger partial charge in [0, 0.05) is 48.4 Å². The van der Waals surface area contributed by atoms with Crippen molar-refractivity contribution < 1.29 is 18.7 Å². The highest BCUT2D eigenvalue weighted by Gasteiger charge is 2.47. The third kappa shape index (κ3) is 3.73. The second kappa shape index (κ2) is 7.87. The zero-order chi connectivity index (χ0) is 23.3. The number of carbonyl (C=O) groups is 1. The molecular formula is C24H23F2N5O2. The van der Waals surface area contributed by atoms with Crippen LogP contribution in [0.2, 0.25) is 0 Å². The summed E-state index contributed by atoms with van der Waals surface area (Å²) in [6.45, 7) is 8.35. The van der Waals surface area contributed by atoms with Crippen LogP contribution in [-0.2, 0) is 17.1 Å². The van der Waals surface area contributed by atoms with Gasteiger partial charge in [0.15, 0.2) is 0 Å². The quantitative estimate of drug-likeness (QED) is 0.509. The SMILES string of the molecule is [C-]#[N+]c1cnc(C[C@H]2C3CCC(CC3)[C@@H]2C(=O)O)nc1-c1c[nH]c2ncc(C(C)(F)F)cc12. The Morgan fingerprint density at radius 3 is 2.64 bits per heavy atom. The van der Waals surface area contributed by atoms with Gasteiger partial charge in [-0.25, -0.2) is 23.6 Å². The molecule has 0 spiro atoms. The van der Waals surface area contributed by atoms with Gasteiger partial charge >= 0.3 is 5.97 Å². The van der Waals surface area contributed by atoms with E-state index in [9.17, 15) is 18.7 Å². The lowest BCUT2D eigenvalue weighted by atomic mass is 9.57. The number of hydrogen-bond acceptors (Lipinski definition) is 4. The molecule has 0 radical (unpaired) electrons.